The molecule has 1 amide bonds. The van der Waals surface area contributed by atoms with Crippen LogP contribution in [0.15, 0.2) is 0 Å². The van der Waals surface area contributed by atoms with E-state index in [9.17, 15) is 4.79 Å². The summed E-state index contributed by atoms with van der Waals surface area (Å²) in [4.78, 5) is 14.2. The maximum atomic E-state index is 12.2. The fourth-order valence-electron chi connectivity index (χ4n) is 2.49. The molecule has 0 aromatic carbocycles. The third kappa shape index (κ3) is 3.98. The molecule has 1 saturated carbocycles. The Bertz CT molecular complexity index is 245. The number of hydrogen-bond donors (Lipinski definition) is 1. The van der Waals surface area contributed by atoms with Crippen molar-refractivity contribution in [1.29, 1.82) is 0 Å². The van der Waals surface area contributed by atoms with E-state index in [4.69, 9.17) is 5.73 Å². The van der Waals surface area contributed by atoms with Crippen LogP contribution in [0.1, 0.15) is 59.3 Å². The van der Waals surface area contributed by atoms with E-state index in [1.165, 1.54) is 6.42 Å². The first-order chi connectivity index (χ1) is 8.04. The first kappa shape index (κ1) is 14.5. The van der Waals surface area contributed by atoms with Gasteiger partial charge in [0.15, 0.2) is 0 Å². The van der Waals surface area contributed by atoms with E-state index in [-0.39, 0.29) is 11.4 Å². The van der Waals surface area contributed by atoms with Crippen molar-refractivity contribution in [1.82, 2.24) is 4.90 Å². The van der Waals surface area contributed by atoms with Gasteiger partial charge in [-0.25, -0.2) is 0 Å². The standard InChI is InChI=1S/C14H28N2O/c1-4-12(5-2)11-16(6-3)13(17)10-14(15)8-7-9-14/h12H,4-11,15H2,1-3H3. The topological polar surface area (TPSA) is 46.3 Å². The molecule has 1 rings (SSSR count). The van der Waals surface area contributed by atoms with Crippen LogP contribution in [0.4, 0.5) is 0 Å². The van der Waals surface area contributed by atoms with Crippen molar-refractivity contribution in [2.24, 2.45) is 11.7 Å². The highest BCUT2D eigenvalue weighted by atomic mass is 16.2. The summed E-state index contributed by atoms with van der Waals surface area (Å²) in [6.45, 7) is 8.17. The number of amides is 1. The largest absolute Gasteiger partial charge is 0.343 e. The molecule has 0 radical (unpaired) electrons. The molecule has 1 aliphatic rings. The minimum Gasteiger partial charge on any atom is -0.343 e. The maximum absolute atomic E-state index is 12.2. The van der Waals surface area contributed by atoms with Gasteiger partial charge in [-0.15, -0.1) is 0 Å². The Morgan fingerprint density at radius 3 is 2.24 bits per heavy atom. The summed E-state index contributed by atoms with van der Waals surface area (Å²) in [5.41, 5.74) is 5.96. The fourth-order valence-corrected chi connectivity index (χ4v) is 2.49. The second-order valence-corrected chi connectivity index (χ2v) is 5.51. The third-order valence-electron chi connectivity index (χ3n) is 4.22. The molecule has 0 aromatic heterocycles. The highest BCUT2D eigenvalue weighted by molar-refractivity contribution is 5.77. The van der Waals surface area contributed by atoms with Gasteiger partial charge >= 0.3 is 0 Å². The van der Waals surface area contributed by atoms with Crippen LogP contribution >= 0.6 is 0 Å². The summed E-state index contributed by atoms with van der Waals surface area (Å²) in [6, 6.07) is 0. The van der Waals surface area contributed by atoms with Crippen LogP contribution < -0.4 is 5.73 Å². The Balaban J connectivity index is 2.45. The van der Waals surface area contributed by atoms with Crippen LogP contribution in [0.5, 0.6) is 0 Å². The molecule has 2 N–H and O–H groups in total. The van der Waals surface area contributed by atoms with E-state index >= 15 is 0 Å². The first-order valence-electron chi connectivity index (χ1n) is 7.11. The quantitative estimate of drug-likeness (QED) is 0.743. The minimum atomic E-state index is -0.182. The first-order valence-corrected chi connectivity index (χ1v) is 7.11. The van der Waals surface area contributed by atoms with E-state index in [0.717, 1.165) is 38.8 Å². The van der Waals surface area contributed by atoms with Crippen LogP contribution in [0.2, 0.25) is 0 Å². The van der Waals surface area contributed by atoms with Gasteiger partial charge in [0.1, 0.15) is 0 Å². The van der Waals surface area contributed by atoms with Gasteiger partial charge in [-0.3, -0.25) is 4.79 Å². The molecule has 0 atom stereocenters. The maximum Gasteiger partial charge on any atom is 0.224 e. The van der Waals surface area contributed by atoms with Crippen LogP contribution in [0, 0.1) is 5.92 Å². The summed E-state index contributed by atoms with van der Waals surface area (Å²) in [5.74, 6) is 0.885. The van der Waals surface area contributed by atoms with Crippen molar-refractivity contribution in [2.45, 2.75) is 64.8 Å². The average molecular weight is 240 g/mol. The van der Waals surface area contributed by atoms with Gasteiger partial charge in [0.05, 0.1) is 0 Å². The van der Waals surface area contributed by atoms with Crippen molar-refractivity contribution in [3.63, 3.8) is 0 Å². The summed E-state index contributed by atoms with van der Waals surface area (Å²) < 4.78 is 0. The number of carbonyl (C=O) groups is 1. The van der Waals surface area contributed by atoms with Gasteiger partial charge in [-0.2, -0.15) is 0 Å². The number of nitrogens with two attached hydrogens (primary N) is 1. The van der Waals surface area contributed by atoms with E-state index in [1.54, 1.807) is 0 Å². The Morgan fingerprint density at radius 2 is 1.88 bits per heavy atom. The number of nitrogens with zero attached hydrogens (tertiary/aromatic N) is 1. The fraction of sp³-hybridized carbons (Fsp3) is 0.929. The molecule has 0 aliphatic heterocycles. The van der Waals surface area contributed by atoms with E-state index < -0.39 is 0 Å². The highest BCUT2D eigenvalue weighted by Gasteiger charge is 2.35. The molecule has 0 spiro atoms. The number of carbonyl (C=O) groups excluding carboxylic acids is 1. The predicted octanol–water partition coefficient (Wildman–Crippen LogP) is 2.54. The Kier molecular flexibility index (Phi) is 5.44. The smallest absolute Gasteiger partial charge is 0.224 e. The number of rotatable bonds is 7. The molecular weight excluding hydrogens is 212 g/mol. The van der Waals surface area contributed by atoms with Crippen molar-refractivity contribution in [2.75, 3.05) is 13.1 Å². The van der Waals surface area contributed by atoms with Crippen molar-refractivity contribution in [3.8, 4) is 0 Å². The van der Waals surface area contributed by atoms with Crippen LogP contribution in [0.3, 0.4) is 0 Å². The van der Waals surface area contributed by atoms with Crippen LogP contribution in [-0.4, -0.2) is 29.4 Å². The molecule has 17 heavy (non-hydrogen) atoms. The highest BCUT2D eigenvalue weighted by Crippen LogP contribution is 2.32. The Labute approximate surface area is 106 Å². The van der Waals surface area contributed by atoms with Gasteiger partial charge in [-0.05, 0) is 32.1 Å². The van der Waals surface area contributed by atoms with Crippen molar-refractivity contribution >= 4 is 5.91 Å². The number of hydrogen-bond acceptors (Lipinski definition) is 2. The summed E-state index contributed by atoms with van der Waals surface area (Å²) in [5, 5.41) is 0. The normalized spacial score (nSPS) is 17.9. The van der Waals surface area contributed by atoms with Crippen molar-refractivity contribution in [3.05, 3.63) is 0 Å². The lowest BCUT2D eigenvalue weighted by Crippen LogP contribution is -2.51. The molecule has 0 saturated heterocycles. The Hall–Kier alpha value is -0.570. The van der Waals surface area contributed by atoms with Gasteiger partial charge in [0.2, 0.25) is 5.91 Å². The zero-order chi connectivity index (χ0) is 12.9. The van der Waals surface area contributed by atoms with Gasteiger partial charge in [0.25, 0.3) is 0 Å². The van der Waals surface area contributed by atoms with Crippen LogP contribution in [0.25, 0.3) is 0 Å². The molecule has 0 bridgehead atoms. The lowest BCUT2D eigenvalue weighted by Gasteiger charge is -2.39. The average Bonchev–Trinajstić information content (AvgIpc) is 2.28. The summed E-state index contributed by atoms with van der Waals surface area (Å²) in [6.07, 6.45) is 6.05. The second kappa shape index (κ2) is 6.39. The van der Waals surface area contributed by atoms with E-state index in [2.05, 4.69) is 20.8 Å². The molecular formula is C14H28N2O. The summed E-state index contributed by atoms with van der Waals surface area (Å²) >= 11 is 0. The minimum absolute atomic E-state index is 0.182. The monoisotopic (exact) mass is 240 g/mol. The molecule has 0 unspecified atom stereocenters. The van der Waals surface area contributed by atoms with E-state index in [0.29, 0.717) is 12.3 Å². The summed E-state index contributed by atoms with van der Waals surface area (Å²) in [7, 11) is 0. The third-order valence-corrected chi connectivity index (χ3v) is 4.22. The van der Waals surface area contributed by atoms with Crippen LogP contribution in [-0.2, 0) is 4.79 Å². The molecule has 0 heterocycles. The molecule has 1 fully saturated rings. The molecule has 3 nitrogen and oxygen atoms in total. The van der Waals surface area contributed by atoms with Gasteiger partial charge in [-0.1, -0.05) is 26.7 Å². The molecule has 0 aromatic rings. The van der Waals surface area contributed by atoms with Gasteiger partial charge < -0.3 is 10.6 Å². The predicted molar refractivity (Wildman–Crippen MR) is 71.7 cm³/mol. The zero-order valence-corrected chi connectivity index (χ0v) is 11.7. The lowest BCUT2D eigenvalue weighted by molar-refractivity contribution is -0.133. The molecule has 3 heteroatoms. The van der Waals surface area contributed by atoms with E-state index in [1.807, 2.05) is 4.90 Å². The molecule has 100 valence electrons. The second-order valence-electron chi connectivity index (χ2n) is 5.51. The van der Waals surface area contributed by atoms with Crippen molar-refractivity contribution < 1.29 is 4.79 Å². The zero-order valence-electron chi connectivity index (χ0n) is 11.7. The van der Waals surface area contributed by atoms with Gasteiger partial charge in [0, 0.05) is 25.0 Å². The SMILES string of the molecule is CCC(CC)CN(CC)C(=O)CC1(N)CCC1. The lowest BCUT2D eigenvalue weighted by atomic mass is 9.75. The molecule has 1 aliphatic carbocycles. The Morgan fingerprint density at radius 1 is 1.29 bits per heavy atom.